The molecular weight excluding hydrogens is 330 g/mol. The lowest BCUT2D eigenvalue weighted by atomic mass is 10.2. The Morgan fingerprint density at radius 2 is 1.80 bits per heavy atom. The highest BCUT2D eigenvalue weighted by Gasteiger charge is 2.11. The van der Waals surface area contributed by atoms with Gasteiger partial charge in [0, 0.05) is 5.56 Å². The van der Waals surface area contributed by atoms with Crippen LogP contribution in [0.1, 0.15) is 30.1 Å². The topological polar surface area (TPSA) is 137 Å². The molecule has 1 aromatic rings. The van der Waals surface area contributed by atoms with E-state index in [1.165, 1.54) is 0 Å². The van der Waals surface area contributed by atoms with Crippen molar-refractivity contribution in [2.45, 2.75) is 19.8 Å². The molecule has 1 aromatic carbocycles. The molecule has 0 aliphatic carbocycles. The fourth-order valence-corrected chi connectivity index (χ4v) is 1.66. The van der Waals surface area contributed by atoms with E-state index in [2.05, 4.69) is 17.0 Å². The van der Waals surface area contributed by atoms with Crippen molar-refractivity contribution in [1.82, 2.24) is 10.6 Å². The van der Waals surface area contributed by atoms with Crippen molar-refractivity contribution in [3.63, 3.8) is 0 Å². The number of unbranched alkanes of at least 4 members (excludes halogenated alkanes) is 1. The van der Waals surface area contributed by atoms with E-state index in [4.69, 9.17) is 10.5 Å². The quantitative estimate of drug-likeness (QED) is 0.433. The van der Waals surface area contributed by atoms with Crippen molar-refractivity contribution in [1.29, 1.82) is 0 Å². The van der Waals surface area contributed by atoms with E-state index in [-0.39, 0.29) is 0 Å². The standard InChI is InChI=1S/C16H21N3O6/c1-2-3-8-24-12-6-4-11(5-7-12)15(22)18-9-14(21)25-10-13(20)19-16(17)23/h4-7H,2-3,8-10H2,1H3,(H,18,22)(H3,17,19,20,23). The van der Waals surface area contributed by atoms with Crippen LogP contribution < -0.4 is 21.1 Å². The Morgan fingerprint density at radius 3 is 2.40 bits per heavy atom. The Balaban J connectivity index is 2.34. The number of ether oxygens (including phenoxy) is 2. The number of carbonyl (C=O) groups is 4. The molecule has 0 saturated heterocycles. The Kier molecular flexibility index (Phi) is 8.48. The molecular formula is C16H21N3O6. The zero-order valence-electron chi connectivity index (χ0n) is 13.9. The van der Waals surface area contributed by atoms with Crippen molar-refractivity contribution >= 4 is 23.8 Å². The van der Waals surface area contributed by atoms with Crippen LogP contribution in [0.15, 0.2) is 24.3 Å². The molecule has 0 radical (unpaired) electrons. The van der Waals surface area contributed by atoms with Gasteiger partial charge in [-0.05, 0) is 30.7 Å². The zero-order chi connectivity index (χ0) is 18.7. The number of primary amides is 1. The third-order valence-electron chi connectivity index (χ3n) is 2.90. The summed E-state index contributed by atoms with van der Waals surface area (Å²) in [4.78, 5) is 44.8. The fourth-order valence-electron chi connectivity index (χ4n) is 1.66. The van der Waals surface area contributed by atoms with Gasteiger partial charge in [-0.3, -0.25) is 19.7 Å². The Morgan fingerprint density at radius 1 is 1.12 bits per heavy atom. The lowest BCUT2D eigenvalue weighted by molar-refractivity contribution is -0.147. The van der Waals surface area contributed by atoms with E-state index in [1.807, 2.05) is 0 Å². The number of rotatable bonds is 9. The molecule has 4 N–H and O–H groups in total. The van der Waals surface area contributed by atoms with Gasteiger partial charge < -0.3 is 20.5 Å². The molecule has 0 bridgehead atoms. The van der Waals surface area contributed by atoms with E-state index >= 15 is 0 Å². The molecule has 0 spiro atoms. The summed E-state index contributed by atoms with van der Waals surface area (Å²) < 4.78 is 10.1. The number of esters is 1. The van der Waals surface area contributed by atoms with Gasteiger partial charge in [-0.2, -0.15) is 0 Å². The first kappa shape index (κ1) is 19.9. The lowest BCUT2D eigenvalue weighted by Gasteiger charge is -2.08. The first-order valence-corrected chi connectivity index (χ1v) is 7.68. The van der Waals surface area contributed by atoms with E-state index in [9.17, 15) is 19.2 Å². The molecule has 25 heavy (non-hydrogen) atoms. The van der Waals surface area contributed by atoms with Gasteiger partial charge >= 0.3 is 12.0 Å². The van der Waals surface area contributed by atoms with Crippen LogP contribution in [0.4, 0.5) is 4.79 Å². The van der Waals surface area contributed by atoms with E-state index in [0.29, 0.717) is 17.9 Å². The summed E-state index contributed by atoms with van der Waals surface area (Å²) in [5.41, 5.74) is 5.08. The number of hydrogen-bond acceptors (Lipinski definition) is 6. The number of imide groups is 1. The van der Waals surface area contributed by atoms with Crippen molar-refractivity contribution in [2.75, 3.05) is 19.8 Å². The van der Waals surface area contributed by atoms with Gasteiger partial charge in [0.15, 0.2) is 6.61 Å². The van der Waals surface area contributed by atoms with Crippen molar-refractivity contribution in [3.05, 3.63) is 29.8 Å². The molecule has 0 saturated carbocycles. The second-order valence-corrected chi connectivity index (χ2v) is 4.98. The van der Waals surface area contributed by atoms with E-state index < -0.39 is 37.0 Å². The molecule has 0 unspecified atom stereocenters. The van der Waals surface area contributed by atoms with Gasteiger partial charge in [0.05, 0.1) is 6.61 Å². The Bertz CT molecular complexity index is 615. The molecule has 9 heteroatoms. The highest BCUT2D eigenvalue weighted by molar-refractivity contribution is 5.97. The second kappa shape index (κ2) is 10.6. The highest BCUT2D eigenvalue weighted by Crippen LogP contribution is 2.12. The SMILES string of the molecule is CCCCOc1ccc(C(=O)NCC(=O)OCC(=O)NC(N)=O)cc1. The Hall–Kier alpha value is -3.10. The van der Waals surface area contributed by atoms with E-state index in [1.54, 1.807) is 29.6 Å². The molecule has 9 nitrogen and oxygen atoms in total. The number of hydrogen-bond donors (Lipinski definition) is 3. The van der Waals surface area contributed by atoms with Gasteiger partial charge in [0.2, 0.25) is 0 Å². The zero-order valence-corrected chi connectivity index (χ0v) is 13.9. The van der Waals surface area contributed by atoms with Crippen LogP contribution in [-0.4, -0.2) is 43.6 Å². The van der Waals surface area contributed by atoms with Gasteiger partial charge in [0.1, 0.15) is 12.3 Å². The number of urea groups is 1. The average Bonchev–Trinajstić information content (AvgIpc) is 2.58. The summed E-state index contributed by atoms with van der Waals surface area (Å²) in [7, 11) is 0. The predicted octanol–water partition coefficient (Wildman–Crippen LogP) is 0.333. The third-order valence-corrected chi connectivity index (χ3v) is 2.90. The minimum Gasteiger partial charge on any atom is -0.494 e. The van der Waals surface area contributed by atoms with Gasteiger partial charge in [0.25, 0.3) is 11.8 Å². The molecule has 0 heterocycles. The highest BCUT2D eigenvalue weighted by atomic mass is 16.5. The van der Waals surface area contributed by atoms with Crippen LogP contribution >= 0.6 is 0 Å². The molecule has 1 rings (SSSR count). The summed E-state index contributed by atoms with van der Waals surface area (Å²) >= 11 is 0. The van der Waals surface area contributed by atoms with Crippen LogP contribution in [0, 0.1) is 0 Å². The van der Waals surface area contributed by atoms with Gasteiger partial charge in [-0.15, -0.1) is 0 Å². The first-order chi connectivity index (χ1) is 11.9. The smallest absolute Gasteiger partial charge is 0.325 e. The van der Waals surface area contributed by atoms with Gasteiger partial charge in [-0.25, -0.2) is 4.79 Å². The van der Waals surface area contributed by atoms with Crippen molar-refractivity contribution in [3.8, 4) is 5.75 Å². The fraction of sp³-hybridized carbons (Fsp3) is 0.375. The maximum atomic E-state index is 11.9. The molecule has 4 amide bonds. The van der Waals surface area contributed by atoms with E-state index in [0.717, 1.165) is 12.8 Å². The van der Waals surface area contributed by atoms with Crippen molar-refractivity contribution < 1.29 is 28.7 Å². The summed E-state index contributed by atoms with van der Waals surface area (Å²) in [5.74, 6) is -1.50. The van der Waals surface area contributed by atoms with Crippen molar-refractivity contribution in [2.24, 2.45) is 5.73 Å². The van der Waals surface area contributed by atoms with Crippen LogP contribution in [0.3, 0.4) is 0 Å². The number of carbonyl (C=O) groups excluding carboxylic acids is 4. The normalized spacial score (nSPS) is 9.80. The van der Waals surface area contributed by atoms with Crippen LogP contribution in [0.5, 0.6) is 5.75 Å². The number of amides is 4. The molecule has 0 aliphatic heterocycles. The summed E-state index contributed by atoms with van der Waals surface area (Å²) in [6.45, 7) is 1.59. The second-order valence-electron chi connectivity index (χ2n) is 4.98. The third kappa shape index (κ3) is 8.35. The summed E-state index contributed by atoms with van der Waals surface area (Å²) in [5, 5.41) is 4.09. The van der Waals surface area contributed by atoms with Crippen LogP contribution in [0.25, 0.3) is 0 Å². The molecule has 0 fully saturated rings. The first-order valence-electron chi connectivity index (χ1n) is 7.68. The largest absolute Gasteiger partial charge is 0.494 e. The minimum atomic E-state index is -1.04. The predicted molar refractivity (Wildman–Crippen MR) is 87.9 cm³/mol. The monoisotopic (exact) mass is 351 g/mol. The number of benzene rings is 1. The molecule has 0 aromatic heterocycles. The number of nitrogens with one attached hydrogen (secondary N) is 2. The average molecular weight is 351 g/mol. The summed E-state index contributed by atoms with van der Waals surface area (Å²) in [6.07, 6.45) is 1.97. The summed E-state index contributed by atoms with van der Waals surface area (Å²) in [6, 6.07) is 5.43. The van der Waals surface area contributed by atoms with Crippen LogP contribution in [-0.2, 0) is 14.3 Å². The van der Waals surface area contributed by atoms with Crippen LogP contribution in [0.2, 0.25) is 0 Å². The van der Waals surface area contributed by atoms with Gasteiger partial charge in [-0.1, -0.05) is 13.3 Å². The Labute approximate surface area is 144 Å². The minimum absolute atomic E-state index is 0.349. The molecule has 136 valence electrons. The lowest BCUT2D eigenvalue weighted by Crippen LogP contribution is -2.39. The molecule has 0 atom stereocenters. The maximum absolute atomic E-state index is 11.9. The number of nitrogens with two attached hydrogens (primary N) is 1. The molecule has 0 aliphatic rings. The maximum Gasteiger partial charge on any atom is 0.325 e.